The van der Waals surface area contributed by atoms with E-state index in [0.29, 0.717) is 5.25 Å². The molecule has 0 radical (unpaired) electrons. The van der Waals surface area contributed by atoms with Gasteiger partial charge in [0.15, 0.2) is 5.84 Å². The van der Waals surface area contributed by atoms with E-state index in [9.17, 15) is 0 Å². The average Bonchev–Trinajstić information content (AvgIpc) is 2.40. The van der Waals surface area contributed by atoms with Crippen molar-refractivity contribution in [3.05, 3.63) is 24.0 Å². The van der Waals surface area contributed by atoms with E-state index in [2.05, 4.69) is 10.1 Å². The van der Waals surface area contributed by atoms with Crippen LogP contribution in [-0.2, 0) is 0 Å². The summed E-state index contributed by atoms with van der Waals surface area (Å²) in [6, 6.07) is 1.79. The summed E-state index contributed by atoms with van der Waals surface area (Å²) in [7, 11) is 0. The molecular formula is C12H17N3OS. The summed E-state index contributed by atoms with van der Waals surface area (Å²) in [6.07, 6.45) is 9.90. The Hall–Kier alpha value is -1.23. The molecule has 3 N–H and O–H groups in total. The largest absolute Gasteiger partial charge is 0.409 e. The minimum atomic E-state index is 0.158. The van der Waals surface area contributed by atoms with Crippen molar-refractivity contribution in [1.82, 2.24) is 4.98 Å². The molecule has 1 aromatic heterocycles. The van der Waals surface area contributed by atoms with Gasteiger partial charge in [0, 0.05) is 28.1 Å². The van der Waals surface area contributed by atoms with Crippen LogP contribution in [-0.4, -0.2) is 21.3 Å². The molecule has 2 rings (SSSR count). The molecule has 1 saturated carbocycles. The lowest BCUT2D eigenvalue weighted by molar-refractivity contribution is 0.318. The van der Waals surface area contributed by atoms with Crippen LogP contribution in [0.15, 0.2) is 28.5 Å². The van der Waals surface area contributed by atoms with Crippen LogP contribution in [0.4, 0.5) is 0 Å². The van der Waals surface area contributed by atoms with Crippen molar-refractivity contribution in [3.8, 4) is 0 Å². The molecule has 92 valence electrons. The van der Waals surface area contributed by atoms with Crippen LogP contribution in [0.25, 0.3) is 0 Å². The summed E-state index contributed by atoms with van der Waals surface area (Å²) < 4.78 is 0. The van der Waals surface area contributed by atoms with Gasteiger partial charge in [0.25, 0.3) is 0 Å². The quantitative estimate of drug-likeness (QED) is 0.375. The first-order valence-corrected chi connectivity index (χ1v) is 6.78. The smallest absolute Gasteiger partial charge is 0.171 e. The first-order valence-electron chi connectivity index (χ1n) is 5.90. The normalized spacial score (nSPS) is 18.2. The highest BCUT2D eigenvalue weighted by Gasteiger charge is 2.17. The Labute approximate surface area is 105 Å². The van der Waals surface area contributed by atoms with Crippen molar-refractivity contribution in [1.29, 1.82) is 0 Å². The van der Waals surface area contributed by atoms with E-state index in [4.69, 9.17) is 10.9 Å². The highest BCUT2D eigenvalue weighted by Crippen LogP contribution is 2.34. The third kappa shape index (κ3) is 3.12. The van der Waals surface area contributed by atoms with E-state index in [1.807, 2.05) is 0 Å². The zero-order chi connectivity index (χ0) is 12.1. The van der Waals surface area contributed by atoms with Gasteiger partial charge in [0.2, 0.25) is 0 Å². The predicted octanol–water partition coefficient (Wildman–Crippen LogP) is 2.60. The van der Waals surface area contributed by atoms with Gasteiger partial charge >= 0.3 is 0 Å². The monoisotopic (exact) mass is 251 g/mol. The molecular weight excluding hydrogens is 234 g/mol. The zero-order valence-corrected chi connectivity index (χ0v) is 10.5. The van der Waals surface area contributed by atoms with E-state index < -0.39 is 0 Å². The number of pyridine rings is 1. The molecule has 5 heteroatoms. The van der Waals surface area contributed by atoms with E-state index in [0.717, 1.165) is 10.5 Å². The number of oxime groups is 1. The Balaban J connectivity index is 2.14. The highest BCUT2D eigenvalue weighted by atomic mass is 32.2. The molecule has 0 unspecified atom stereocenters. The minimum Gasteiger partial charge on any atom is -0.409 e. The average molecular weight is 251 g/mol. The number of hydrogen-bond acceptors (Lipinski definition) is 4. The van der Waals surface area contributed by atoms with Gasteiger partial charge in [-0.25, -0.2) is 0 Å². The van der Waals surface area contributed by atoms with Crippen molar-refractivity contribution in [3.63, 3.8) is 0 Å². The van der Waals surface area contributed by atoms with E-state index >= 15 is 0 Å². The van der Waals surface area contributed by atoms with Gasteiger partial charge in [-0.1, -0.05) is 24.4 Å². The molecule has 1 aliphatic carbocycles. The van der Waals surface area contributed by atoms with Crippen LogP contribution in [0.3, 0.4) is 0 Å². The van der Waals surface area contributed by atoms with Crippen LogP contribution in [0, 0.1) is 0 Å². The summed E-state index contributed by atoms with van der Waals surface area (Å²) in [5.41, 5.74) is 6.44. The Morgan fingerprint density at radius 3 is 2.88 bits per heavy atom. The standard InChI is InChI=1S/C12H17N3OS/c13-12(15-16)10-6-7-14-8-11(10)17-9-4-2-1-3-5-9/h6-9,16H,1-5H2,(H2,13,15). The number of rotatable bonds is 3. The number of aromatic nitrogens is 1. The number of nitrogens with zero attached hydrogens (tertiary/aromatic N) is 2. The maximum atomic E-state index is 8.75. The third-order valence-electron chi connectivity index (χ3n) is 3.01. The number of hydrogen-bond donors (Lipinski definition) is 2. The van der Waals surface area contributed by atoms with Gasteiger partial charge in [-0.05, 0) is 18.9 Å². The topological polar surface area (TPSA) is 71.5 Å². The molecule has 1 aliphatic rings. The van der Waals surface area contributed by atoms with Crippen molar-refractivity contribution >= 4 is 17.6 Å². The second-order valence-electron chi connectivity index (χ2n) is 4.23. The Morgan fingerprint density at radius 2 is 2.18 bits per heavy atom. The van der Waals surface area contributed by atoms with Gasteiger partial charge in [-0.2, -0.15) is 0 Å². The second kappa shape index (κ2) is 5.91. The van der Waals surface area contributed by atoms with Crippen LogP contribution in [0.5, 0.6) is 0 Å². The molecule has 0 saturated heterocycles. The molecule has 1 heterocycles. The van der Waals surface area contributed by atoms with Gasteiger partial charge < -0.3 is 10.9 Å². The van der Waals surface area contributed by atoms with E-state index in [1.54, 1.807) is 30.2 Å². The minimum absolute atomic E-state index is 0.158. The van der Waals surface area contributed by atoms with Gasteiger partial charge in [0.1, 0.15) is 0 Å². The van der Waals surface area contributed by atoms with Crippen molar-refractivity contribution in [2.24, 2.45) is 10.9 Å². The number of nitrogens with two attached hydrogens (primary N) is 1. The summed E-state index contributed by atoms with van der Waals surface area (Å²) in [5.74, 6) is 0.158. The van der Waals surface area contributed by atoms with Crippen molar-refractivity contribution in [2.75, 3.05) is 0 Å². The fourth-order valence-electron chi connectivity index (χ4n) is 2.10. The maximum Gasteiger partial charge on any atom is 0.171 e. The molecule has 1 aromatic rings. The van der Waals surface area contributed by atoms with Crippen LogP contribution in [0.2, 0.25) is 0 Å². The third-order valence-corrected chi connectivity index (χ3v) is 4.40. The molecule has 0 amide bonds. The molecule has 0 bridgehead atoms. The lowest BCUT2D eigenvalue weighted by atomic mass is 10.0. The first kappa shape index (κ1) is 12.2. The maximum absolute atomic E-state index is 8.75. The second-order valence-corrected chi connectivity index (χ2v) is 5.58. The molecule has 1 fully saturated rings. The van der Waals surface area contributed by atoms with Crippen LogP contribution in [0.1, 0.15) is 37.7 Å². The summed E-state index contributed by atoms with van der Waals surface area (Å²) in [6.45, 7) is 0. The van der Waals surface area contributed by atoms with Gasteiger partial charge in [0.05, 0.1) is 0 Å². The lowest BCUT2D eigenvalue weighted by Crippen LogP contribution is -2.15. The van der Waals surface area contributed by atoms with Gasteiger partial charge in [-0.3, -0.25) is 4.98 Å². The molecule has 17 heavy (non-hydrogen) atoms. The summed E-state index contributed by atoms with van der Waals surface area (Å²) >= 11 is 1.80. The zero-order valence-electron chi connectivity index (χ0n) is 9.67. The highest BCUT2D eigenvalue weighted by molar-refractivity contribution is 8.00. The number of thioether (sulfide) groups is 1. The fraction of sp³-hybridized carbons (Fsp3) is 0.500. The van der Waals surface area contributed by atoms with Crippen LogP contribution >= 0.6 is 11.8 Å². The van der Waals surface area contributed by atoms with Crippen LogP contribution < -0.4 is 5.73 Å². The van der Waals surface area contributed by atoms with Gasteiger partial charge in [-0.15, -0.1) is 11.8 Å². The summed E-state index contributed by atoms with van der Waals surface area (Å²) in [5, 5.41) is 12.5. The molecule has 0 atom stereocenters. The number of amidine groups is 1. The van der Waals surface area contributed by atoms with E-state index in [1.165, 1.54) is 32.1 Å². The van der Waals surface area contributed by atoms with Crippen molar-refractivity contribution in [2.45, 2.75) is 42.2 Å². The summed E-state index contributed by atoms with van der Waals surface area (Å²) in [4.78, 5) is 5.12. The SMILES string of the molecule is N/C(=N/O)c1ccncc1SC1CCCCC1. The molecule has 0 aromatic carbocycles. The van der Waals surface area contributed by atoms with E-state index in [-0.39, 0.29) is 5.84 Å². The predicted molar refractivity (Wildman–Crippen MR) is 69.5 cm³/mol. The molecule has 0 spiro atoms. The fourth-order valence-corrected chi connectivity index (χ4v) is 3.45. The first-order chi connectivity index (χ1) is 8.31. The Bertz CT molecular complexity index is 402. The van der Waals surface area contributed by atoms with Crippen molar-refractivity contribution < 1.29 is 5.21 Å². The molecule has 0 aliphatic heterocycles. The lowest BCUT2D eigenvalue weighted by Gasteiger charge is -2.21. The molecule has 4 nitrogen and oxygen atoms in total. The Morgan fingerprint density at radius 1 is 1.41 bits per heavy atom. The Kier molecular flexibility index (Phi) is 4.25.